The molecule has 1 heterocycles. The number of rotatable bonds is 6. The summed E-state index contributed by atoms with van der Waals surface area (Å²) in [6.07, 6.45) is 2.48. The van der Waals surface area contributed by atoms with Crippen molar-refractivity contribution in [3.63, 3.8) is 0 Å². The van der Waals surface area contributed by atoms with E-state index >= 15 is 0 Å². The molecular formula is C10H19N3O2. The van der Waals surface area contributed by atoms with Gasteiger partial charge in [0.25, 0.3) is 0 Å². The highest BCUT2D eigenvalue weighted by atomic mass is 16.3. The molecule has 5 heteroatoms. The molecule has 0 atom stereocenters. The lowest BCUT2D eigenvalue weighted by Gasteiger charge is -2.23. The predicted molar refractivity (Wildman–Crippen MR) is 56.7 cm³/mol. The normalized spacial score (nSPS) is 21.2. The van der Waals surface area contributed by atoms with Gasteiger partial charge in [-0.2, -0.15) is 0 Å². The fourth-order valence-corrected chi connectivity index (χ4v) is 2.02. The van der Waals surface area contributed by atoms with Crippen LogP contribution in [0, 0.1) is 0 Å². The van der Waals surface area contributed by atoms with E-state index in [1.165, 1.54) is 12.8 Å². The largest absolute Gasteiger partial charge is 0.395 e. The Kier molecular flexibility index (Phi) is 3.43. The van der Waals surface area contributed by atoms with Gasteiger partial charge in [0.1, 0.15) is 0 Å². The third-order valence-electron chi connectivity index (χ3n) is 3.05. The van der Waals surface area contributed by atoms with Crippen LogP contribution in [0.15, 0.2) is 0 Å². The summed E-state index contributed by atoms with van der Waals surface area (Å²) in [6, 6.07) is 0.706. The fraction of sp³-hybridized carbons (Fsp3) is 0.900. The van der Waals surface area contributed by atoms with Crippen LogP contribution in [0.4, 0.5) is 4.79 Å². The van der Waals surface area contributed by atoms with E-state index in [1.807, 2.05) is 4.90 Å². The molecule has 2 aliphatic rings. The van der Waals surface area contributed by atoms with Gasteiger partial charge in [0, 0.05) is 38.8 Å². The minimum absolute atomic E-state index is 0.0507. The first-order valence-corrected chi connectivity index (χ1v) is 5.69. The molecule has 1 aliphatic carbocycles. The average Bonchev–Trinajstić information content (AvgIpc) is 2.98. The molecule has 15 heavy (non-hydrogen) atoms. The van der Waals surface area contributed by atoms with Gasteiger partial charge in [-0.3, -0.25) is 4.90 Å². The Morgan fingerprint density at radius 3 is 2.80 bits per heavy atom. The molecule has 0 radical (unpaired) electrons. The molecule has 2 rings (SSSR count). The van der Waals surface area contributed by atoms with Crippen LogP contribution in [-0.2, 0) is 0 Å². The number of carbonyl (C=O) groups is 1. The second-order valence-electron chi connectivity index (χ2n) is 4.21. The Balaban J connectivity index is 1.72. The van der Waals surface area contributed by atoms with Gasteiger partial charge >= 0.3 is 6.03 Å². The monoisotopic (exact) mass is 213 g/mol. The first-order valence-electron chi connectivity index (χ1n) is 5.69. The molecule has 0 aromatic rings. The first-order chi connectivity index (χ1) is 7.31. The number of nitrogens with one attached hydrogen (secondary N) is 1. The number of aliphatic hydroxyl groups is 1. The topological polar surface area (TPSA) is 55.8 Å². The number of hydrogen-bond acceptors (Lipinski definition) is 3. The van der Waals surface area contributed by atoms with E-state index in [0.29, 0.717) is 6.04 Å². The van der Waals surface area contributed by atoms with E-state index in [4.69, 9.17) is 5.11 Å². The number of amides is 2. The van der Waals surface area contributed by atoms with Crippen LogP contribution in [0.25, 0.3) is 0 Å². The molecule has 1 aliphatic heterocycles. The van der Waals surface area contributed by atoms with Crippen LogP contribution in [0.3, 0.4) is 0 Å². The van der Waals surface area contributed by atoms with Crippen molar-refractivity contribution >= 4 is 6.03 Å². The van der Waals surface area contributed by atoms with Crippen LogP contribution in [-0.4, -0.2) is 66.3 Å². The van der Waals surface area contributed by atoms with Crippen molar-refractivity contribution in [3.05, 3.63) is 0 Å². The highest BCUT2D eigenvalue weighted by Gasteiger charge is 2.29. The van der Waals surface area contributed by atoms with Gasteiger partial charge in [-0.1, -0.05) is 0 Å². The summed E-state index contributed by atoms with van der Waals surface area (Å²) in [4.78, 5) is 15.4. The summed E-state index contributed by atoms with van der Waals surface area (Å²) < 4.78 is 0. The van der Waals surface area contributed by atoms with Crippen LogP contribution < -0.4 is 5.32 Å². The van der Waals surface area contributed by atoms with Crippen LogP contribution in [0.5, 0.6) is 0 Å². The van der Waals surface area contributed by atoms with Crippen LogP contribution in [0.2, 0.25) is 0 Å². The van der Waals surface area contributed by atoms with Crippen molar-refractivity contribution in [3.8, 4) is 0 Å². The first kappa shape index (κ1) is 10.7. The molecule has 1 saturated heterocycles. The van der Waals surface area contributed by atoms with Gasteiger partial charge in [0.15, 0.2) is 0 Å². The Morgan fingerprint density at radius 2 is 2.27 bits per heavy atom. The van der Waals surface area contributed by atoms with E-state index in [0.717, 1.165) is 32.7 Å². The number of carbonyl (C=O) groups excluding carboxylic acids is 1. The molecule has 0 aromatic heterocycles. The van der Waals surface area contributed by atoms with Gasteiger partial charge < -0.3 is 15.3 Å². The zero-order chi connectivity index (χ0) is 10.7. The van der Waals surface area contributed by atoms with Crippen molar-refractivity contribution in [1.29, 1.82) is 0 Å². The third-order valence-corrected chi connectivity index (χ3v) is 3.05. The maximum atomic E-state index is 11.3. The summed E-state index contributed by atoms with van der Waals surface area (Å²) in [5.41, 5.74) is 0. The second kappa shape index (κ2) is 4.81. The summed E-state index contributed by atoms with van der Waals surface area (Å²) in [6.45, 7) is 4.20. The highest BCUT2D eigenvalue weighted by Crippen LogP contribution is 2.26. The quantitative estimate of drug-likeness (QED) is 0.623. The molecular weight excluding hydrogens is 194 g/mol. The Bertz CT molecular complexity index is 231. The van der Waals surface area contributed by atoms with E-state index in [-0.39, 0.29) is 12.6 Å². The van der Waals surface area contributed by atoms with Gasteiger partial charge in [0.2, 0.25) is 0 Å². The Morgan fingerprint density at radius 1 is 1.47 bits per heavy atom. The second-order valence-corrected chi connectivity index (χ2v) is 4.21. The zero-order valence-electron chi connectivity index (χ0n) is 8.98. The average molecular weight is 213 g/mol. The minimum atomic E-state index is 0.0507. The molecule has 2 amide bonds. The molecule has 86 valence electrons. The molecule has 5 nitrogen and oxygen atoms in total. The zero-order valence-corrected chi connectivity index (χ0v) is 8.98. The number of aliphatic hydroxyl groups excluding tert-OH is 1. The lowest BCUT2D eigenvalue weighted by atomic mass is 10.4. The van der Waals surface area contributed by atoms with Gasteiger partial charge in [-0.25, -0.2) is 4.79 Å². The molecule has 2 fully saturated rings. The van der Waals surface area contributed by atoms with E-state index in [2.05, 4.69) is 10.2 Å². The lowest BCUT2D eigenvalue weighted by Crippen LogP contribution is -2.39. The van der Waals surface area contributed by atoms with Crippen LogP contribution >= 0.6 is 0 Å². The maximum absolute atomic E-state index is 11.3. The van der Waals surface area contributed by atoms with E-state index in [1.54, 1.807) is 0 Å². The standard InChI is InChI=1S/C10H19N3O2/c14-8-7-12(9-1-2-9)5-6-13-4-3-11-10(13)15/h9,14H,1-8H2,(H,11,15). The maximum Gasteiger partial charge on any atom is 0.317 e. The molecule has 0 bridgehead atoms. The van der Waals surface area contributed by atoms with Crippen molar-refractivity contribution in [2.75, 3.05) is 39.3 Å². The summed E-state index contributed by atoms with van der Waals surface area (Å²) in [5, 5.41) is 11.7. The van der Waals surface area contributed by atoms with Gasteiger partial charge in [0.05, 0.1) is 6.61 Å². The van der Waals surface area contributed by atoms with E-state index < -0.39 is 0 Å². The SMILES string of the molecule is O=C1NCCN1CCN(CCO)C1CC1. The van der Waals surface area contributed by atoms with Crippen molar-refractivity contribution < 1.29 is 9.90 Å². The van der Waals surface area contributed by atoms with Gasteiger partial charge in [-0.05, 0) is 12.8 Å². The van der Waals surface area contributed by atoms with Crippen molar-refractivity contribution in [2.45, 2.75) is 18.9 Å². The van der Waals surface area contributed by atoms with Gasteiger partial charge in [-0.15, -0.1) is 0 Å². The Labute approximate surface area is 90.0 Å². The predicted octanol–water partition coefficient (Wildman–Crippen LogP) is -0.532. The van der Waals surface area contributed by atoms with E-state index in [9.17, 15) is 4.79 Å². The molecule has 0 unspecified atom stereocenters. The Hall–Kier alpha value is -0.810. The minimum Gasteiger partial charge on any atom is -0.395 e. The summed E-state index contributed by atoms with van der Waals surface area (Å²) in [5.74, 6) is 0. The third kappa shape index (κ3) is 2.82. The highest BCUT2D eigenvalue weighted by molar-refractivity contribution is 5.76. The fourth-order valence-electron chi connectivity index (χ4n) is 2.02. The van der Waals surface area contributed by atoms with Crippen molar-refractivity contribution in [1.82, 2.24) is 15.1 Å². The van der Waals surface area contributed by atoms with Crippen LogP contribution in [0.1, 0.15) is 12.8 Å². The summed E-state index contributed by atoms with van der Waals surface area (Å²) in [7, 11) is 0. The number of nitrogens with zero attached hydrogens (tertiary/aromatic N) is 2. The smallest absolute Gasteiger partial charge is 0.317 e. The lowest BCUT2D eigenvalue weighted by molar-refractivity contribution is 0.170. The summed E-state index contributed by atoms with van der Waals surface area (Å²) >= 11 is 0. The molecule has 2 N–H and O–H groups in total. The molecule has 0 spiro atoms. The number of hydrogen-bond donors (Lipinski definition) is 2. The van der Waals surface area contributed by atoms with Crippen molar-refractivity contribution in [2.24, 2.45) is 0 Å². The molecule has 1 saturated carbocycles. The molecule has 0 aromatic carbocycles. The number of urea groups is 1.